The minimum atomic E-state index is 0.901. The molecule has 0 fully saturated rings. The van der Waals surface area contributed by atoms with Crippen LogP contribution >= 0.6 is 11.3 Å². The van der Waals surface area contributed by atoms with E-state index in [2.05, 4.69) is 217 Å². The van der Waals surface area contributed by atoms with Crippen LogP contribution in [0.15, 0.2) is 229 Å². The summed E-state index contributed by atoms with van der Waals surface area (Å²) in [5, 5.41) is 7.31. The molecule has 61 heavy (non-hydrogen) atoms. The molecule has 0 radical (unpaired) electrons. The van der Waals surface area contributed by atoms with Crippen LogP contribution < -0.4 is 4.90 Å². The zero-order valence-electron chi connectivity index (χ0n) is 33.1. The van der Waals surface area contributed by atoms with E-state index < -0.39 is 0 Å². The van der Waals surface area contributed by atoms with Gasteiger partial charge in [-0.1, -0.05) is 170 Å². The number of furan rings is 1. The third kappa shape index (κ3) is 6.01. The number of hydrogen-bond donors (Lipinski definition) is 0. The van der Waals surface area contributed by atoms with Crippen molar-refractivity contribution in [3.8, 4) is 44.5 Å². The fourth-order valence-electron chi connectivity index (χ4n) is 9.20. The number of rotatable bonds is 7. The lowest BCUT2D eigenvalue weighted by atomic mass is 9.91. The number of anilines is 3. The smallest absolute Gasteiger partial charge is 0.143 e. The van der Waals surface area contributed by atoms with Gasteiger partial charge in [-0.15, -0.1) is 11.3 Å². The lowest BCUT2D eigenvalue weighted by Crippen LogP contribution is -2.12. The maximum absolute atomic E-state index is 6.50. The van der Waals surface area contributed by atoms with Crippen molar-refractivity contribution in [1.29, 1.82) is 0 Å². The van der Waals surface area contributed by atoms with Gasteiger partial charge in [-0.3, -0.25) is 0 Å². The Labute approximate surface area is 357 Å². The highest BCUT2D eigenvalue weighted by molar-refractivity contribution is 7.25. The maximum Gasteiger partial charge on any atom is 0.143 e. The predicted molar refractivity (Wildman–Crippen MR) is 261 cm³/mol. The fraction of sp³-hybridized carbons (Fsp3) is 0. The second kappa shape index (κ2) is 14.5. The Morgan fingerprint density at radius 3 is 1.75 bits per heavy atom. The molecule has 0 bridgehead atoms. The van der Waals surface area contributed by atoms with Gasteiger partial charge in [0.2, 0.25) is 0 Å². The van der Waals surface area contributed by atoms with Crippen molar-refractivity contribution >= 4 is 81.3 Å². The third-order valence-corrected chi connectivity index (χ3v) is 13.2. The Balaban J connectivity index is 1.06. The van der Waals surface area contributed by atoms with E-state index in [-0.39, 0.29) is 0 Å². The molecule has 10 aromatic carbocycles. The zero-order chi connectivity index (χ0) is 40.3. The molecule has 2 heterocycles. The molecule has 0 atom stereocenters. The van der Waals surface area contributed by atoms with Crippen molar-refractivity contribution in [2.45, 2.75) is 0 Å². The van der Waals surface area contributed by atoms with Crippen LogP contribution in [0.2, 0.25) is 0 Å². The SMILES string of the molecule is c1ccc(-c2ccccc2N(c2ccc(-c3cccc4c3oc3ccccc34)cc2)c2ccccc2-c2ccc3sc4ccccc4c3c2)c(-c2ccc3ccccc3c2)c1. The maximum atomic E-state index is 6.50. The summed E-state index contributed by atoms with van der Waals surface area (Å²) in [5.41, 5.74) is 14.3. The monoisotopic (exact) mass is 795 g/mol. The molecule has 0 aliphatic heterocycles. The van der Waals surface area contributed by atoms with Crippen LogP contribution in [-0.2, 0) is 0 Å². The van der Waals surface area contributed by atoms with Crippen molar-refractivity contribution in [1.82, 2.24) is 0 Å². The minimum Gasteiger partial charge on any atom is -0.455 e. The molecule has 0 saturated carbocycles. The van der Waals surface area contributed by atoms with Gasteiger partial charge in [-0.2, -0.15) is 0 Å². The lowest BCUT2D eigenvalue weighted by molar-refractivity contribution is 0.670. The van der Waals surface area contributed by atoms with Crippen LogP contribution in [0.25, 0.3) is 97.4 Å². The van der Waals surface area contributed by atoms with Crippen molar-refractivity contribution < 1.29 is 4.42 Å². The number of hydrogen-bond acceptors (Lipinski definition) is 3. The minimum absolute atomic E-state index is 0.901. The number of nitrogens with zero attached hydrogens (tertiary/aromatic N) is 1. The van der Waals surface area contributed by atoms with E-state index >= 15 is 0 Å². The summed E-state index contributed by atoms with van der Waals surface area (Å²) < 4.78 is 9.10. The topological polar surface area (TPSA) is 16.4 Å². The average Bonchev–Trinajstić information content (AvgIpc) is 3.90. The molecule has 0 spiro atoms. The van der Waals surface area contributed by atoms with Crippen molar-refractivity contribution in [3.63, 3.8) is 0 Å². The van der Waals surface area contributed by atoms with Crippen molar-refractivity contribution in [3.05, 3.63) is 224 Å². The quantitative estimate of drug-likeness (QED) is 0.160. The first-order valence-electron chi connectivity index (χ1n) is 20.7. The number of benzene rings is 10. The normalized spacial score (nSPS) is 11.6. The second-order valence-corrected chi connectivity index (χ2v) is 16.7. The molecule has 12 aromatic rings. The molecule has 2 nitrogen and oxygen atoms in total. The van der Waals surface area contributed by atoms with Gasteiger partial charge >= 0.3 is 0 Å². The average molecular weight is 796 g/mol. The molecule has 0 N–H and O–H groups in total. The molecular weight excluding hydrogens is 759 g/mol. The Morgan fingerprint density at radius 2 is 0.902 bits per heavy atom. The summed E-state index contributed by atoms with van der Waals surface area (Å²) in [4.78, 5) is 2.45. The van der Waals surface area contributed by atoms with Crippen LogP contribution in [0.5, 0.6) is 0 Å². The van der Waals surface area contributed by atoms with E-state index in [1.807, 2.05) is 23.5 Å². The van der Waals surface area contributed by atoms with Crippen molar-refractivity contribution in [2.24, 2.45) is 0 Å². The predicted octanol–water partition coefficient (Wildman–Crippen LogP) is 17.2. The summed E-state index contributed by atoms with van der Waals surface area (Å²) >= 11 is 1.85. The van der Waals surface area contributed by atoms with E-state index in [9.17, 15) is 0 Å². The second-order valence-electron chi connectivity index (χ2n) is 15.6. The Bertz CT molecular complexity index is 3610. The molecular formula is C58H37NOS. The molecule has 0 aliphatic carbocycles. The van der Waals surface area contributed by atoms with E-state index in [4.69, 9.17) is 4.42 Å². The fourth-order valence-corrected chi connectivity index (χ4v) is 10.3. The zero-order valence-corrected chi connectivity index (χ0v) is 33.9. The van der Waals surface area contributed by atoms with E-state index in [1.54, 1.807) is 0 Å². The van der Waals surface area contributed by atoms with Gasteiger partial charge in [-0.25, -0.2) is 0 Å². The number of thiophene rings is 1. The van der Waals surface area contributed by atoms with Gasteiger partial charge in [0.05, 0.1) is 11.4 Å². The van der Waals surface area contributed by atoms with E-state index in [1.165, 1.54) is 53.2 Å². The summed E-state index contributed by atoms with van der Waals surface area (Å²) in [5.74, 6) is 0. The van der Waals surface area contributed by atoms with Crippen LogP contribution in [0.1, 0.15) is 0 Å². The van der Waals surface area contributed by atoms with Crippen molar-refractivity contribution in [2.75, 3.05) is 4.90 Å². The molecule has 12 rings (SSSR count). The molecule has 286 valence electrons. The largest absolute Gasteiger partial charge is 0.455 e. The highest BCUT2D eigenvalue weighted by atomic mass is 32.1. The van der Waals surface area contributed by atoms with E-state index in [0.29, 0.717) is 0 Å². The first kappa shape index (κ1) is 35.2. The van der Waals surface area contributed by atoms with Gasteiger partial charge in [0.1, 0.15) is 11.2 Å². The molecule has 2 aromatic heterocycles. The summed E-state index contributed by atoms with van der Waals surface area (Å²) in [6.45, 7) is 0. The Kier molecular flexibility index (Phi) is 8.39. The Morgan fingerprint density at radius 1 is 0.328 bits per heavy atom. The third-order valence-electron chi connectivity index (χ3n) is 12.1. The molecule has 0 amide bonds. The number of para-hydroxylation sites is 4. The first-order valence-corrected chi connectivity index (χ1v) is 21.6. The van der Waals surface area contributed by atoms with Crippen LogP contribution in [-0.4, -0.2) is 0 Å². The number of fused-ring (bicyclic) bond motifs is 7. The lowest BCUT2D eigenvalue weighted by Gasteiger charge is -2.30. The van der Waals surface area contributed by atoms with Crippen LogP contribution in [0.4, 0.5) is 17.1 Å². The molecule has 0 aliphatic rings. The van der Waals surface area contributed by atoms with Gasteiger partial charge in [0, 0.05) is 53.3 Å². The Hall–Kier alpha value is -7.72. The molecule has 0 saturated heterocycles. The highest BCUT2D eigenvalue weighted by Gasteiger charge is 2.23. The highest BCUT2D eigenvalue weighted by Crippen LogP contribution is 2.48. The van der Waals surface area contributed by atoms with Crippen LogP contribution in [0, 0.1) is 0 Å². The summed E-state index contributed by atoms with van der Waals surface area (Å²) in [6.07, 6.45) is 0. The van der Waals surface area contributed by atoms with Gasteiger partial charge in [0.15, 0.2) is 0 Å². The standard InChI is InChI=1S/C58H37NOS/c1-2-15-40-36-41(29-28-38(40)14-1)44-16-3-4-18-47(44)48-19-6-10-25-54(48)59(43-33-30-39(31-34-43)46-22-13-23-51-49-20-7-11-26-55(49)60-58(46)51)53-24-9-5-17-45(53)42-32-35-57-52(37-42)50-21-8-12-27-56(50)61-57/h1-37H. The van der Waals surface area contributed by atoms with Gasteiger partial charge < -0.3 is 9.32 Å². The van der Waals surface area contributed by atoms with Crippen LogP contribution in [0.3, 0.4) is 0 Å². The van der Waals surface area contributed by atoms with Gasteiger partial charge in [0.25, 0.3) is 0 Å². The molecule has 0 unspecified atom stereocenters. The van der Waals surface area contributed by atoms with Gasteiger partial charge in [-0.05, 0) is 93.2 Å². The first-order chi connectivity index (χ1) is 30.2. The summed E-state index contributed by atoms with van der Waals surface area (Å²) in [6, 6.07) is 81.3. The van der Waals surface area contributed by atoms with E-state index in [0.717, 1.165) is 61.3 Å². The molecule has 3 heteroatoms. The summed E-state index contributed by atoms with van der Waals surface area (Å²) in [7, 11) is 0.